The number of aromatic amines is 1. The topological polar surface area (TPSA) is 103 Å². The van der Waals surface area contributed by atoms with Crippen LogP contribution in [0.4, 0.5) is 0 Å². The zero-order valence-electron chi connectivity index (χ0n) is 18.0. The number of tetrazole rings is 1. The molecule has 2 N–H and O–H groups in total. The van der Waals surface area contributed by atoms with E-state index in [-0.39, 0.29) is 5.56 Å². The van der Waals surface area contributed by atoms with Crippen molar-refractivity contribution < 1.29 is 14.1 Å². The lowest BCUT2D eigenvalue weighted by molar-refractivity contribution is -0.942. The normalized spacial score (nSPS) is 12.5. The maximum absolute atomic E-state index is 12.9. The van der Waals surface area contributed by atoms with E-state index in [2.05, 4.69) is 32.6 Å². The molecule has 1 atom stereocenters. The van der Waals surface area contributed by atoms with Gasteiger partial charge in [0.2, 0.25) is 5.82 Å². The zero-order valence-corrected chi connectivity index (χ0v) is 18.0. The predicted octanol–water partition coefficient (Wildman–Crippen LogP) is 1.16. The summed E-state index contributed by atoms with van der Waals surface area (Å²) in [5, 5.41) is 13.1. The second-order valence-corrected chi connectivity index (χ2v) is 7.77. The Kier molecular flexibility index (Phi) is 6.24. The number of nitrogens with one attached hydrogen (secondary N) is 2. The Morgan fingerprint density at radius 2 is 2.06 bits per heavy atom. The van der Waals surface area contributed by atoms with E-state index in [1.165, 1.54) is 0 Å². The van der Waals surface area contributed by atoms with Crippen LogP contribution >= 0.6 is 0 Å². The van der Waals surface area contributed by atoms with Crippen LogP contribution in [0.5, 0.6) is 0 Å². The number of H-pyrrole nitrogens is 1. The number of furan rings is 1. The van der Waals surface area contributed by atoms with Crippen LogP contribution in [0, 0.1) is 13.8 Å². The fourth-order valence-corrected chi connectivity index (χ4v) is 3.74. The number of rotatable bonds is 9. The van der Waals surface area contributed by atoms with Crippen LogP contribution < -0.4 is 10.5 Å². The van der Waals surface area contributed by atoms with Crippen molar-refractivity contribution in [3.8, 4) is 0 Å². The van der Waals surface area contributed by atoms with Gasteiger partial charge in [0, 0.05) is 7.11 Å². The Labute approximate surface area is 179 Å². The molecule has 0 radical (unpaired) electrons. The minimum absolute atomic E-state index is 0.0721. The molecule has 0 fully saturated rings. The number of methoxy groups -OCH3 is 1. The van der Waals surface area contributed by atoms with Gasteiger partial charge in [-0.15, -0.1) is 5.10 Å². The molecule has 9 nitrogen and oxygen atoms in total. The van der Waals surface area contributed by atoms with Gasteiger partial charge in [0.05, 0.1) is 30.5 Å². The fourth-order valence-electron chi connectivity index (χ4n) is 3.74. The lowest BCUT2D eigenvalue weighted by Crippen LogP contribution is -3.08. The molecule has 0 saturated carbocycles. The van der Waals surface area contributed by atoms with E-state index in [0.29, 0.717) is 38.3 Å². The van der Waals surface area contributed by atoms with Gasteiger partial charge in [0.15, 0.2) is 5.76 Å². The van der Waals surface area contributed by atoms with Crippen LogP contribution in [0.2, 0.25) is 0 Å². The van der Waals surface area contributed by atoms with Gasteiger partial charge in [-0.2, -0.15) is 0 Å². The summed E-state index contributed by atoms with van der Waals surface area (Å²) in [5.74, 6) is 1.58. The van der Waals surface area contributed by atoms with Gasteiger partial charge < -0.3 is 19.0 Å². The van der Waals surface area contributed by atoms with Crippen molar-refractivity contribution in [2.75, 3.05) is 13.7 Å². The number of pyridine rings is 1. The molecule has 0 amide bonds. The van der Waals surface area contributed by atoms with E-state index in [0.717, 1.165) is 38.5 Å². The smallest absolute Gasteiger partial charge is 0.257 e. The second kappa shape index (κ2) is 9.23. The van der Waals surface area contributed by atoms with Crippen LogP contribution in [0.25, 0.3) is 10.9 Å². The highest BCUT2D eigenvalue weighted by Gasteiger charge is 2.20. The standard InChI is InChI=1S/C22H26N6O3/c1-15-6-7-17-11-18(22(29)23-21(17)16(15)2)12-27(13-19-5-4-9-31-19)14-20-24-25-26-28(20)8-10-30-3/h4-7,9,11H,8,10,12-14H2,1-3H3,(H,23,29)/p+1. The van der Waals surface area contributed by atoms with E-state index in [1.807, 2.05) is 32.0 Å². The van der Waals surface area contributed by atoms with Crippen molar-refractivity contribution in [3.63, 3.8) is 0 Å². The lowest BCUT2D eigenvalue weighted by Gasteiger charge is -2.18. The van der Waals surface area contributed by atoms with E-state index < -0.39 is 0 Å². The molecule has 0 spiro atoms. The maximum Gasteiger partial charge on any atom is 0.257 e. The molecule has 1 aromatic carbocycles. The van der Waals surface area contributed by atoms with E-state index >= 15 is 0 Å². The van der Waals surface area contributed by atoms with Crippen molar-refractivity contribution in [1.82, 2.24) is 25.2 Å². The number of benzene rings is 1. The Morgan fingerprint density at radius 3 is 2.84 bits per heavy atom. The molecule has 162 valence electrons. The van der Waals surface area contributed by atoms with Crippen molar-refractivity contribution >= 4 is 10.9 Å². The van der Waals surface area contributed by atoms with E-state index in [9.17, 15) is 4.79 Å². The molecule has 0 saturated heterocycles. The molecule has 0 bridgehead atoms. The summed E-state index contributed by atoms with van der Waals surface area (Å²) in [5.41, 5.74) is 3.79. The molecule has 1 unspecified atom stereocenters. The van der Waals surface area contributed by atoms with Crippen molar-refractivity contribution in [2.24, 2.45) is 0 Å². The quantitative estimate of drug-likeness (QED) is 0.419. The molecule has 31 heavy (non-hydrogen) atoms. The summed E-state index contributed by atoms with van der Waals surface area (Å²) in [4.78, 5) is 17.1. The maximum atomic E-state index is 12.9. The highest BCUT2D eigenvalue weighted by atomic mass is 16.5. The SMILES string of the molecule is COCCn1nnnc1C[NH+](Cc1ccco1)Cc1cc2ccc(C)c(C)c2[nH]c1=O. The first-order valence-corrected chi connectivity index (χ1v) is 10.3. The number of aromatic nitrogens is 5. The van der Waals surface area contributed by atoms with Crippen LogP contribution in [-0.2, 0) is 30.9 Å². The third-order valence-corrected chi connectivity index (χ3v) is 5.59. The Morgan fingerprint density at radius 1 is 1.19 bits per heavy atom. The molecular weight excluding hydrogens is 396 g/mol. The van der Waals surface area contributed by atoms with Gasteiger partial charge in [-0.25, -0.2) is 4.68 Å². The monoisotopic (exact) mass is 423 g/mol. The number of aryl methyl sites for hydroxylation is 2. The molecule has 3 heterocycles. The molecule has 4 rings (SSSR count). The summed E-state index contributed by atoms with van der Waals surface area (Å²) >= 11 is 0. The number of ether oxygens (including phenoxy) is 1. The molecule has 3 aromatic heterocycles. The highest BCUT2D eigenvalue weighted by Crippen LogP contribution is 2.18. The molecule has 9 heteroatoms. The predicted molar refractivity (Wildman–Crippen MR) is 115 cm³/mol. The minimum Gasteiger partial charge on any atom is -0.463 e. The highest BCUT2D eigenvalue weighted by molar-refractivity contribution is 5.83. The summed E-state index contributed by atoms with van der Waals surface area (Å²) in [7, 11) is 1.65. The summed E-state index contributed by atoms with van der Waals surface area (Å²) in [6, 6.07) is 9.91. The van der Waals surface area contributed by atoms with Gasteiger partial charge in [-0.3, -0.25) is 4.79 Å². The van der Waals surface area contributed by atoms with Gasteiger partial charge in [0.1, 0.15) is 19.6 Å². The van der Waals surface area contributed by atoms with Crippen molar-refractivity contribution in [1.29, 1.82) is 0 Å². The molecule has 0 aliphatic rings. The fraction of sp³-hybridized carbons (Fsp3) is 0.364. The van der Waals surface area contributed by atoms with Gasteiger partial charge in [-0.05, 0) is 59.0 Å². The van der Waals surface area contributed by atoms with Crippen molar-refractivity contribution in [3.05, 3.63) is 75.2 Å². The largest absolute Gasteiger partial charge is 0.463 e. The second-order valence-electron chi connectivity index (χ2n) is 7.77. The number of quaternary nitrogens is 1. The molecule has 0 aliphatic carbocycles. The van der Waals surface area contributed by atoms with Crippen LogP contribution in [0.1, 0.15) is 28.3 Å². The summed E-state index contributed by atoms with van der Waals surface area (Å²) in [6.07, 6.45) is 1.66. The van der Waals surface area contributed by atoms with Gasteiger partial charge in [0.25, 0.3) is 5.56 Å². The number of nitrogens with zero attached hydrogens (tertiary/aromatic N) is 4. The van der Waals surface area contributed by atoms with E-state index in [1.54, 1.807) is 18.1 Å². The number of hydrogen-bond acceptors (Lipinski definition) is 6. The lowest BCUT2D eigenvalue weighted by atomic mass is 10.0. The van der Waals surface area contributed by atoms with Crippen LogP contribution in [0.15, 0.2) is 45.8 Å². The number of fused-ring (bicyclic) bond motifs is 1. The van der Waals surface area contributed by atoms with Crippen LogP contribution in [0.3, 0.4) is 0 Å². The molecule has 0 aliphatic heterocycles. The summed E-state index contributed by atoms with van der Waals surface area (Å²) in [6.45, 7) is 6.83. The first kappa shape index (κ1) is 21.0. The van der Waals surface area contributed by atoms with Gasteiger partial charge >= 0.3 is 0 Å². The van der Waals surface area contributed by atoms with Crippen molar-refractivity contribution in [2.45, 2.75) is 40.0 Å². The zero-order chi connectivity index (χ0) is 21.8. The Balaban J connectivity index is 1.63. The number of hydrogen-bond donors (Lipinski definition) is 2. The first-order valence-electron chi connectivity index (χ1n) is 10.3. The van der Waals surface area contributed by atoms with Crippen LogP contribution in [-0.4, -0.2) is 38.9 Å². The third kappa shape index (κ3) is 4.73. The van der Waals surface area contributed by atoms with E-state index in [4.69, 9.17) is 9.15 Å². The first-order chi connectivity index (χ1) is 15.0. The molecule has 4 aromatic rings. The average molecular weight is 423 g/mol. The minimum atomic E-state index is -0.0721. The van der Waals surface area contributed by atoms with Gasteiger partial charge in [-0.1, -0.05) is 12.1 Å². The third-order valence-electron chi connectivity index (χ3n) is 5.59. The summed E-state index contributed by atoms with van der Waals surface area (Å²) < 4.78 is 12.4. The Hall–Kier alpha value is -3.30. The molecular formula is C22H27N6O3+. The Bertz CT molecular complexity index is 1210. The average Bonchev–Trinajstić information content (AvgIpc) is 3.42.